The van der Waals surface area contributed by atoms with Crippen molar-refractivity contribution in [2.75, 3.05) is 5.75 Å². The van der Waals surface area contributed by atoms with Gasteiger partial charge in [-0.3, -0.25) is 4.79 Å². The first-order chi connectivity index (χ1) is 16.2. The van der Waals surface area contributed by atoms with Gasteiger partial charge in [0, 0.05) is 50.0 Å². The van der Waals surface area contributed by atoms with Crippen molar-refractivity contribution in [3.05, 3.63) is 54.1 Å². The van der Waals surface area contributed by atoms with E-state index in [9.17, 15) is 4.79 Å². The molecule has 1 atom stereocenters. The fraction of sp³-hybridized carbons (Fsp3) is 0.296. The average molecular weight is 475 g/mol. The number of benzene rings is 3. The molecule has 6 heteroatoms. The van der Waals surface area contributed by atoms with E-state index in [4.69, 9.17) is 4.74 Å². The first-order valence-electron chi connectivity index (χ1n) is 11.6. The fourth-order valence-electron chi connectivity index (χ4n) is 4.88. The Labute approximate surface area is 200 Å². The topological polar surface area (TPSA) is 57.9 Å². The van der Waals surface area contributed by atoms with Gasteiger partial charge >= 0.3 is 5.97 Å². The number of carbonyl (C=O) groups is 1. The van der Waals surface area contributed by atoms with E-state index in [0.717, 1.165) is 50.9 Å². The Hall–Kier alpha value is -2.57. The number of fused-ring (bicyclic) bond motifs is 7. The minimum atomic E-state index is -0.143. The van der Waals surface area contributed by atoms with Crippen LogP contribution >= 0.6 is 21.6 Å². The van der Waals surface area contributed by atoms with Crippen LogP contribution in [-0.2, 0) is 4.79 Å². The monoisotopic (exact) mass is 474 g/mol. The van der Waals surface area contributed by atoms with Crippen molar-refractivity contribution in [3.63, 3.8) is 0 Å². The van der Waals surface area contributed by atoms with Crippen molar-refractivity contribution in [1.29, 1.82) is 0 Å². The zero-order chi connectivity index (χ0) is 22.4. The molecule has 0 aliphatic carbocycles. The van der Waals surface area contributed by atoms with Gasteiger partial charge in [-0.1, -0.05) is 51.8 Å². The summed E-state index contributed by atoms with van der Waals surface area (Å²) in [6.45, 7) is 2.12. The summed E-state index contributed by atoms with van der Waals surface area (Å²) in [7, 11) is 3.98. The highest BCUT2D eigenvalue weighted by Gasteiger charge is 2.17. The van der Waals surface area contributed by atoms with E-state index < -0.39 is 0 Å². The van der Waals surface area contributed by atoms with Gasteiger partial charge in [0.1, 0.15) is 5.75 Å². The Balaban J connectivity index is 1.24. The van der Waals surface area contributed by atoms with Crippen LogP contribution in [0.2, 0.25) is 0 Å². The van der Waals surface area contributed by atoms with Crippen LogP contribution in [0.25, 0.3) is 43.6 Å². The number of nitrogens with one attached hydrogen (secondary N) is 2. The van der Waals surface area contributed by atoms with Crippen LogP contribution in [0.1, 0.15) is 37.7 Å². The summed E-state index contributed by atoms with van der Waals surface area (Å²) in [5.74, 6) is 1.73. The average Bonchev–Trinajstić information content (AvgIpc) is 3.53. The molecule has 0 spiro atoms. The number of aromatic amines is 2. The Morgan fingerprint density at radius 2 is 1.67 bits per heavy atom. The summed E-state index contributed by atoms with van der Waals surface area (Å²) in [5, 5.41) is 5.43. The molecule has 1 saturated heterocycles. The number of aromatic nitrogens is 2. The second-order valence-electron chi connectivity index (χ2n) is 8.97. The molecule has 1 aliphatic rings. The Bertz CT molecular complexity index is 1490. The molecular formula is C27H26N2O2S2. The summed E-state index contributed by atoms with van der Waals surface area (Å²) < 4.78 is 5.69. The van der Waals surface area contributed by atoms with Crippen LogP contribution in [0.4, 0.5) is 0 Å². The molecule has 0 radical (unpaired) electrons. The molecule has 0 amide bonds. The van der Waals surface area contributed by atoms with Gasteiger partial charge in [0.2, 0.25) is 0 Å². The number of carbonyl (C=O) groups excluding carboxylic acids is 1. The molecule has 1 aliphatic heterocycles. The molecule has 6 rings (SSSR count). The SMILES string of the molecule is Cc1ccc2[nH]c3c(ccc4c5cc(OC(=O)CCCCC6CCSS6)ccc5[nH]c43)c2c1. The lowest BCUT2D eigenvalue weighted by molar-refractivity contribution is -0.134. The van der Waals surface area contributed by atoms with E-state index in [0.29, 0.717) is 12.2 Å². The van der Waals surface area contributed by atoms with Gasteiger partial charge in [-0.15, -0.1) is 0 Å². The number of H-pyrrole nitrogens is 2. The van der Waals surface area contributed by atoms with Gasteiger partial charge in [0.05, 0.1) is 11.0 Å². The highest BCUT2D eigenvalue weighted by Crippen LogP contribution is 2.40. The maximum atomic E-state index is 12.4. The second-order valence-corrected chi connectivity index (χ2v) is 11.8. The lowest BCUT2D eigenvalue weighted by atomic mass is 10.1. The van der Waals surface area contributed by atoms with Crippen molar-refractivity contribution in [1.82, 2.24) is 9.97 Å². The first-order valence-corrected chi connectivity index (χ1v) is 14.0. The van der Waals surface area contributed by atoms with Crippen LogP contribution in [0.15, 0.2) is 48.5 Å². The van der Waals surface area contributed by atoms with Gasteiger partial charge in [-0.25, -0.2) is 0 Å². The van der Waals surface area contributed by atoms with Crippen LogP contribution in [-0.4, -0.2) is 26.9 Å². The summed E-state index contributed by atoms with van der Waals surface area (Å²) in [6.07, 6.45) is 4.97. The third-order valence-corrected chi connectivity index (χ3v) is 9.59. The van der Waals surface area contributed by atoms with Crippen LogP contribution in [0.5, 0.6) is 5.75 Å². The van der Waals surface area contributed by atoms with E-state index in [2.05, 4.69) is 47.2 Å². The molecular weight excluding hydrogens is 448 g/mol. The van der Waals surface area contributed by atoms with Gasteiger partial charge in [-0.2, -0.15) is 0 Å². The molecule has 33 heavy (non-hydrogen) atoms. The smallest absolute Gasteiger partial charge is 0.311 e. The van der Waals surface area contributed by atoms with Crippen molar-refractivity contribution in [2.45, 2.75) is 44.3 Å². The Morgan fingerprint density at radius 3 is 2.39 bits per heavy atom. The quantitative estimate of drug-likeness (QED) is 0.114. The van der Waals surface area contributed by atoms with Gasteiger partial charge in [0.15, 0.2) is 0 Å². The predicted molar refractivity (Wildman–Crippen MR) is 142 cm³/mol. The largest absolute Gasteiger partial charge is 0.427 e. The molecule has 4 nitrogen and oxygen atoms in total. The molecule has 3 heterocycles. The van der Waals surface area contributed by atoms with Crippen LogP contribution < -0.4 is 4.74 Å². The van der Waals surface area contributed by atoms with Gasteiger partial charge in [-0.05, 0) is 56.5 Å². The van der Waals surface area contributed by atoms with Crippen LogP contribution in [0, 0.1) is 6.92 Å². The number of esters is 1. The van der Waals surface area contributed by atoms with Crippen LogP contribution in [0.3, 0.4) is 0 Å². The summed E-state index contributed by atoms with van der Waals surface area (Å²) in [6, 6.07) is 16.7. The molecule has 2 aromatic heterocycles. The second kappa shape index (κ2) is 8.65. The normalized spacial score (nSPS) is 16.5. The number of hydrogen-bond acceptors (Lipinski definition) is 4. The highest BCUT2D eigenvalue weighted by atomic mass is 33.1. The van der Waals surface area contributed by atoms with Gasteiger partial charge in [0.25, 0.3) is 0 Å². The zero-order valence-corrected chi connectivity index (χ0v) is 20.2. The lowest BCUT2D eigenvalue weighted by Gasteiger charge is -2.07. The minimum absolute atomic E-state index is 0.143. The van der Waals surface area contributed by atoms with E-state index in [1.807, 2.05) is 39.8 Å². The van der Waals surface area contributed by atoms with Crippen molar-refractivity contribution >= 4 is 71.2 Å². The number of aryl methyl sites for hydroxylation is 1. The van der Waals surface area contributed by atoms with E-state index in [1.165, 1.54) is 34.9 Å². The molecule has 1 fully saturated rings. The lowest BCUT2D eigenvalue weighted by Crippen LogP contribution is -2.08. The maximum Gasteiger partial charge on any atom is 0.311 e. The third-order valence-electron chi connectivity index (χ3n) is 6.59. The molecule has 2 N–H and O–H groups in total. The number of ether oxygens (including phenoxy) is 1. The minimum Gasteiger partial charge on any atom is -0.427 e. The first kappa shape index (κ1) is 21.0. The number of unbranched alkanes of at least 4 members (excludes halogenated alkanes) is 1. The Morgan fingerprint density at radius 1 is 0.939 bits per heavy atom. The molecule has 0 saturated carbocycles. The summed E-state index contributed by atoms with van der Waals surface area (Å²) in [4.78, 5) is 19.6. The summed E-state index contributed by atoms with van der Waals surface area (Å²) >= 11 is 0. The molecule has 168 valence electrons. The van der Waals surface area contributed by atoms with Crippen molar-refractivity contribution in [2.24, 2.45) is 0 Å². The predicted octanol–water partition coefficient (Wildman–Crippen LogP) is 7.88. The van der Waals surface area contributed by atoms with Crippen molar-refractivity contribution < 1.29 is 9.53 Å². The summed E-state index contributed by atoms with van der Waals surface area (Å²) in [5.41, 5.74) is 5.63. The number of hydrogen-bond donors (Lipinski definition) is 2. The highest BCUT2D eigenvalue weighted by molar-refractivity contribution is 8.77. The van der Waals surface area contributed by atoms with Gasteiger partial charge < -0.3 is 14.7 Å². The standard InChI is InChI=1S/C27H26N2O2S2/c1-16-6-10-23-21(14-16)19-8-9-20-22-15-17(7-11-24(22)29-27(20)26(19)28-23)31-25(30)5-3-2-4-18-12-13-32-33-18/h6-11,14-15,18,28-29H,2-5,12-13H2,1H3. The number of rotatable bonds is 6. The molecule has 0 bridgehead atoms. The zero-order valence-electron chi connectivity index (χ0n) is 18.6. The van der Waals surface area contributed by atoms with E-state index >= 15 is 0 Å². The third kappa shape index (κ3) is 4.00. The Kier molecular flexibility index (Phi) is 5.51. The fourth-order valence-corrected chi connectivity index (χ4v) is 7.91. The maximum absolute atomic E-state index is 12.4. The van der Waals surface area contributed by atoms with E-state index in [-0.39, 0.29) is 5.97 Å². The molecule has 1 unspecified atom stereocenters. The molecule has 3 aromatic carbocycles. The van der Waals surface area contributed by atoms with E-state index in [1.54, 1.807) is 0 Å². The molecule has 5 aromatic rings. The van der Waals surface area contributed by atoms with Crippen molar-refractivity contribution in [3.8, 4) is 5.75 Å².